The zero-order valence-corrected chi connectivity index (χ0v) is 16.7. The molecule has 8 heteroatoms. The lowest BCUT2D eigenvalue weighted by molar-refractivity contribution is 0.129. The van der Waals surface area contributed by atoms with Gasteiger partial charge >= 0.3 is 6.09 Å². The van der Waals surface area contributed by atoms with Gasteiger partial charge in [0, 0.05) is 55.3 Å². The molecule has 0 saturated carbocycles. The van der Waals surface area contributed by atoms with E-state index in [0.717, 1.165) is 29.7 Å². The highest BCUT2D eigenvalue weighted by Gasteiger charge is 2.21. The highest BCUT2D eigenvalue weighted by molar-refractivity contribution is 5.85. The molecule has 0 radical (unpaired) electrons. The van der Waals surface area contributed by atoms with Gasteiger partial charge in [-0.2, -0.15) is 0 Å². The fraction of sp³-hybridized carbons (Fsp3) is 0.381. The van der Waals surface area contributed by atoms with E-state index in [-0.39, 0.29) is 6.04 Å². The SMILES string of the molecule is COc1ccc(C=Nc2ncccc2CNC2CCN(C(=O)O)CC2)c(OC)c1. The van der Waals surface area contributed by atoms with E-state index in [9.17, 15) is 4.79 Å². The molecule has 0 aliphatic carbocycles. The smallest absolute Gasteiger partial charge is 0.407 e. The van der Waals surface area contributed by atoms with Crippen LogP contribution in [0.3, 0.4) is 0 Å². The molecule has 0 atom stereocenters. The van der Waals surface area contributed by atoms with Gasteiger partial charge in [0.1, 0.15) is 11.5 Å². The van der Waals surface area contributed by atoms with Crippen molar-refractivity contribution in [3.05, 3.63) is 47.7 Å². The van der Waals surface area contributed by atoms with Crippen molar-refractivity contribution < 1.29 is 19.4 Å². The lowest BCUT2D eigenvalue weighted by Gasteiger charge is -2.30. The molecule has 1 saturated heterocycles. The van der Waals surface area contributed by atoms with Crippen molar-refractivity contribution in [1.29, 1.82) is 0 Å². The number of hydrogen-bond acceptors (Lipinski definition) is 6. The Morgan fingerprint density at radius 1 is 1.31 bits per heavy atom. The zero-order chi connectivity index (χ0) is 20.6. The molecule has 0 unspecified atom stereocenters. The van der Waals surface area contributed by atoms with Crippen LogP contribution in [-0.2, 0) is 6.54 Å². The summed E-state index contributed by atoms with van der Waals surface area (Å²) >= 11 is 0. The summed E-state index contributed by atoms with van der Waals surface area (Å²) < 4.78 is 10.6. The number of carboxylic acid groups (broad SMARTS) is 1. The molecular formula is C21H26N4O4. The minimum atomic E-state index is -0.846. The van der Waals surface area contributed by atoms with Gasteiger partial charge in [0.05, 0.1) is 14.2 Å². The number of amides is 1. The number of carbonyl (C=O) groups is 1. The molecule has 1 aliphatic heterocycles. The van der Waals surface area contributed by atoms with Crippen LogP contribution < -0.4 is 14.8 Å². The molecule has 2 heterocycles. The largest absolute Gasteiger partial charge is 0.497 e. The van der Waals surface area contributed by atoms with Gasteiger partial charge < -0.3 is 24.8 Å². The van der Waals surface area contributed by atoms with Crippen molar-refractivity contribution in [3.63, 3.8) is 0 Å². The molecule has 1 aromatic heterocycles. The van der Waals surface area contributed by atoms with E-state index in [1.807, 2.05) is 30.3 Å². The van der Waals surface area contributed by atoms with Crippen molar-refractivity contribution in [3.8, 4) is 11.5 Å². The quantitative estimate of drug-likeness (QED) is 0.696. The summed E-state index contributed by atoms with van der Waals surface area (Å²) in [7, 11) is 3.22. The predicted molar refractivity (Wildman–Crippen MR) is 110 cm³/mol. The average molecular weight is 398 g/mol. The number of methoxy groups -OCH3 is 2. The maximum Gasteiger partial charge on any atom is 0.407 e. The molecule has 3 rings (SSSR count). The third-order valence-electron chi connectivity index (χ3n) is 4.98. The second-order valence-electron chi connectivity index (χ2n) is 6.78. The summed E-state index contributed by atoms with van der Waals surface area (Å²) in [5.74, 6) is 2.03. The molecule has 1 amide bonds. The number of nitrogens with zero attached hydrogens (tertiary/aromatic N) is 3. The van der Waals surface area contributed by atoms with E-state index < -0.39 is 6.09 Å². The summed E-state index contributed by atoms with van der Waals surface area (Å²) in [5.41, 5.74) is 1.82. The van der Waals surface area contributed by atoms with Gasteiger partial charge in [-0.05, 0) is 31.0 Å². The van der Waals surface area contributed by atoms with E-state index in [4.69, 9.17) is 14.6 Å². The van der Waals surface area contributed by atoms with Crippen molar-refractivity contribution in [2.24, 2.45) is 4.99 Å². The Balaban J connectivity index is 1.65. The molecule has 154 valence electrons. The first-order chi connectivity index (χ1) is 14.1. The number of benzene rings is 1. The minimum Gasteiger partial charge on any atom is -0.497 e. The highest BCUT2D eigenvalue weighted by Crippen LogP contribution is 2.24. The molecule has 2 N–H and O–H groups in total. The van der Waals surface area contributed by atoms with Crippen LogP contribution in [0, 0.1) is 0 Å². The van der Waals surface area contributed by atoms with Gasteiger partial charge in [0.2, 0.25) is 0 Å². The number of rotatable bonds is 7. The second-order valence-corrected chi connectivity index (χ2v) is 6.78. The Bertz CT molecular complexity index is 864. The number of ether oxygens (including phenoxy) is 2. The maximum absolute atomic E-state index is 11.0. The van der Waals surface area contributed by atoms with Crippen LogP contribution in [0.2, 0.25) is 0 Å². The topological polar surface area (TPSA) is 96.3 Å². The molecule has 2 aromatic rings. The monoisotopic (exact) mass is 398 g/mol. The Morgan fingerprint density at radius 3 is 2.79 bits per heavy atom. The van der Waals surface area contributed by atoms with E-state index in [1.165, 1.54) is 4.90 Å². The Labute approximate surface area is 170 Å². The van der Waals surface area contributed by atoms with Crippen LogP contribution in [0.25, 0.3) is 0 Å². The fourth-order valence-corrected chi connectivity index (χ4v) is 3.27. The molecule has 1 aromatic carbocycles. The Morgan fingerprint density at radius 2 is 2.10 bits per heavy atom. The third kappa shape index (κ3) is 5.45. The Kier molecular flexibility index (Phi) is 7.02. The number of pyridine rings is 1. The minimum absolute atomic E-state index is 0.282. The molecule has 8 nitrogen and oxygen atoms in total. The van der Waals surface area contributed by atoms with Crippen LogP contribution in [-0.4, -0.2) is 60.6 Å². The molecular weight excluding hydrogens is 372 g/mol. The van der Waals surface area contributed by atoms with Crippen LogP contribution in [0.15, 0.2) is 41.5 Å². The van der Waals surface area contributed by atoms with E-state index in [0.29, 0.717) is 31.2 Å². The number of aliphatic imine (C=N–C) groups is 1. The maximum atomic E-state index is 11.0. The van der Waals surface area contributed by atoms with Crippen molar-refractivity contribution in [2.75, 3.05) is 27.3 Å². The van der Waals surface area contributed by atoms with Crippen molar-refractivity contribution in [2.45, 2.75) is 25.4 Å². The second kappa shape index (κ2) is 9.88. The van der Waals surface area contributed by atoms with Gasteiger partial charge in [-0.15, -0.1) is 0 Å². The first-order valence-electron chi connectivity index (χ1n) is 9.52. The van der Waals surface area contributed by atoms with Crippen molar-refractivity contribution in [1.82, 2.24) is 15.2 Å². The van der Waals surface area contributed by atoms with E-state index in [1.54, 1.807) is 26.6 Å². The van der Waals surface area contributed by atoms with Crippen molar-refractivity contribution >= 4 is 18.1 Å². The lowest BCUT2D eigenvalue weighted by atomic mass is 10.1. The average Bonchev–Trinajstić information content (AvgIpc) is 2.76. The van der Waals surface area contributed by atoms with E-state index in [2.05, 4.69) is 15.3 Å². The van der Waals surface area contributed by atoms with Crippen LogP contribution in [0.1, 0.15) is 24.0 Å². The number of nitrogens with one attached hydrogen (secondary N) is 1. The van der Waals surface area contributed by atoms with Gasteiger partial charge in [0.15, 0.2) is 5.82 Å². The molecule has 29 heavy (non-hydrogen) atoms. The summed E-state index contributed by atoms with van der Waals surface area (Å²) in [4.78, 5) is 21.4. The summed E-state index contributed by atoms with van der Waals surface area (Å²) in [6, 6.07) is 9.71. The number of piperidine rings is 1. The molecule has 0 spiro atoms. The summed E-state index contributed by atoms with van der Waals surface area (Å²) in [6.45, 7) is 1.74. The summed E-state index contributed by atoms with van der Waals surface area (Å²) in [5, 5.41) is 12.6. The first kappa shape index (κ1) is 20.6. The van der Waals surface area contributed by atoms with Crippen LogP contribution in [0.4, 0.5) is 10.6 Å². The normalized spacial score (nSPS) is 14.9. The van der Waals surface area contributed by atoms with Crippen LogP contribution >= 0.6 is 0 Å². The third-order valence-corrected chi connectivity index (χ3v) is 4.98. The predicted octanol–water partition coefficient (Wildman–Crippen LogP) is 3.08. The van der Waals surface area contributed by atoms with Gasteiger partial charge in [-0.1, -0.05) is 6.07 Å². The number of hydrogen-bond donors (Lipinski definition) is 2. The molecule has 1 fully saturated rings. The van der Waals surface area contributed by atoms with E-state index >= 15 is 0 Å². The molecule has 0 bridgehead atoms. The standard InChI is InChI=1S/C21H26N4O4/c1-28-18-6-5-15(19(12-18)29-2)13-24-20-16(4-3-9-22-20)14-23-17-7-10-25(11-8-17)21(26)27/h3-6,9,12-13,17,23H,7-8,10-11,14H2,1-2H3,(H,26,27). The van der Waals surface area contributed by atoms with Gasteiger partial charge in [0.25, 0.3) is 0 Å². The highest BCUT2D eigenvalue weighted by atomic mass is 16.5. The molecule has 1 aliphatic rings. The number of aromatic nitrogens is 1. The van der Waals surface area contributed by atoms with Gasteiger partial charge in [-0.25, -0.2) is 14.8 Å². The van der Waals surface area contributed by atoms with Gasteiger partial charge in [-0.3, -0.25) is 0 Å². The first-order valence-corrected chi connectivity index (χ1v) is 9.52. The van der Waals surface area contributed by atoms with Crippen LogP contribution in [0.5, 0.6) is 11.5 Å². The summed E-state index contributed by atoms with van der Waals surface area (Å²) in [6.07, 6.45) is 4.20. The lowest BCUT2D eigenvalue weighted by Crippen LogP contribution is -2.44. The number of likely N-dealkylation sites (tertiary alicyclic amines) is 1. The zero-order valence-electron chi connectivity index (χ0n) is 16.7. The Hall–Kier alpha value is -3.13. The fourth-order valence-electron chi connectivity index (χ4n) is 3.27.